The van der Waals surface area contributed by atoms with E-state index < -0.39 is 17.6 Å². The average Bonchev–Trinajstić information content (AvgIpc) is 2.97. The molecule has 0 aliphatic carbocycles. The molecule has 0 unspecified atom stereocenters. The Bertz CT molecular complexity index is 980. The first-order valence-corrected chi connectivity index (χ1v) is 9.36. The van der Waals surface area contributed by atoms with Gasteiger partial charge in [-0.3, -0.25) is 4.79 Å². The van der Waals surface area contributed by atoms with E-state index in [1.165, 1.54) is 23.9 Å². The summed E-state index contributed by atoms with van der Waals surface area (Å²) in [6.07, 6.45) is -4.47. The molecule has 0 radical (unpaired) electrons. The van der Waals surface area contributed by atoms with E-state index in [2.05, 4.69) is 10.5 Å². The average molecular weight is 406 g/mol. The number of nitrogens with one attached hydrogen (secondary N) is 1. The number of hydrogen-bond donors (Lipinski definition) is 1. The van der Waals surface area contributed by atoms with E-state index >= 15 is 0 Å². The summed E-state index contributed by atoms with van der Waals surface area (Å²) < 4.78 is 43.7. The SMILES string of the molecule is Cc1noc(C)c1CSc1ccccc1C(=O)Nc1cccc(C(F)(F)F)c1. The molecule has 146 valence electrons. The number of anilines is 1. The number of amides is 1. The van der Waals surface area contributed by atoms with Crippen LogP contribution in [0, 0.1) is 13.8 Å². The number of alkyl halides is 3. The summed E-state index contributed by atoms with van der Waals surface area (Å²) in [5.41, 5.74) is 1.40. The summed E-state index contributed by atoms with van der Waals surface area (Å²) in [6, 6.07) is 11.5. The van der Waals surface area contributed by atoms with Crippen LogP contribution in [0.2, 0.25) is 0 Å². The minimum Gasteiger partial charge on any atom is -0.361 e. The van der Waals surface area contributed by atoms with Gasteiger partial charge >= 0.3 is 6.18 Å². The third-order valence-corrected chi connectivity index (χ3v) is 5.23. The van der Waals surface area contributed by atoms with Gasteiger partial charge in [-0.2, -0.15) is 13.2 Å². The van der Waals surface area contributed by atoms with Crippen LogP contribution in [0.3, 0.4) is 0 Å². The van der Waals surface area contributed by atoms with Crippen molar-refractivity contribution in [2.24, 2.45) is 0 Å². The lowest BCUT2D eigenvalue weighted by Gasteiger charge is -2.12. The van der Waals surface area contributed by atoms with Gasteiger partial charge in [0.1, 0.15) is 5.76 Å². The maximum atomic E-state index is 12.9. The van der Waals surface area contributed by atoms with Gasteiger partial charge in [-0.25, -0.2) is 0 Å². The maximum absolute atomic E-state index is 12.9. The molecule has 0 aliphatic rings. The van der Waals surface area contributed by atoms with Gasteiger partial charge in [0, 0.05) is 21.9 Å². The second kappa shape index (κ2) is 8.10. The van der Waals surface area contributed by atoms with E-state index in [0.717, 1.165) is 29.2 Å². The van der Waals surface area contributed by atoms with Crippen LogP contribution in [0.1, 0.15) is 32.9 Å². The van der Waals surface area contributed by atoms with Crippen LogP contribution in [0.5, 0.6) is 0 Å². The molecule has 4 nitrogen and oxygen atoms in total. The lowest BCUT2D eigenvalue weighted by Crippen LogP contribution is -2.14. The summed E-state index contributed by atoms with van der Waals surface area (Å²) in [7, 11) is 0. The highest BCUT2D eigenvalue weighted by Crippen LogP contribution is 2.32. The molecule has 0 saturated carbocycles. The highest BCUT2D eigenvalue weighted by Gasteiger charge is 2.30. The molecule has 3 aromatic rings. The van der Waals surface area contributed by atoms with Crippen molar-refractivity contribution < 1.29 is 22.5 Å². The van der Waals surface area contributed by atoms with Crippen molar-refractivity contribution in [3.8, 4) is 0 Å². The number of benzene rings is 2. The van der Waals surface area contributed by atoms with Gasteiger partial charge in [0.25, 0.3) is 5.91 Å². The number of aryl methyl sites for hydroxylation is 2. The number of halogens is 3. The molecular weight excluding hydrogens is 389 g/mol. The molecular formula is C20H17F3N2O2S. The fourth-order valence-electron chi connectivity index (χ4n) is 2.61. The number of thioether (sulfide) groups is 1. The van der Waals surface area contributed by atoms with E-state index in [-0.39, 0.29) is 5.69 Å². The van der Waals surface area contributed by atoms with Gasteiger partial charge in [0.2, 0.25) is 0 Å². The highest BCUT2D eigenvalue weighted by molar-refractivity contribution is 7.98. The first-order chi connectivity index (χ1) is 13.3. The molecule has 28 heavy (non-hydrogen) atoms. The quantitative estimate of drug-likeness (QED) is 0.540. The first-order valence-electron chi connectivity index (χ1n) is 8.38. The lowest BCUT2D eigenvalue weighted by atomic mass is 10.1. The first kappa shape index (κ1) is 20.0. The fraction of sp³-hybridized carbons (Fsp3) is 0.200. The lowest BCUT2D eigenvalue weighted by molar-refractivity contribution is -0.137. The van der Waals surface area contributed by atoms with Gasteiger partial charge in [-0.15, -0.1) is 11.8 Å². The summed E-state index contributed by atoms with van der Waals surface area (Å²) >= 11 is 1.44. The van der Waals surface area contributed by atoms with E-state index in [9.17, 15) is 18.0 Å². The standard InChI is InChI=1S/C20H17F3N2O2S/c1-12-17(13(2)27-25-12)11-28-18-9-4-3-8-16(18)19(26)24-15-7-5-6-14(10-15)20(21,22)23/h3-10H,11H2,1-2H3,(H,24,26). The highest BCUT2D eigenvalue weighted by atomic mass is 32.2. The minimum atomic E-state index is -4.47. The zero-order valence-electron chi connectivity index (χ0n) is 15.1. The topological polar surface area (TPSA) is 55.1 Å². The zero-order valence-corrected chi connectivity index (χ0v) is 15.9. The summed E-state index contributed by atoms with van der Waals surface area (Å²) in [6.45, 7) is 3.67. The van der Waals surface area contributed by atoms with Crippen molar-refractivity contribution in [3.63, 3.8) is 0 Å². The molecule has 0 aliphatic heterocycles. The van der Waals surface area contributed by atoms with Crippen molar-refractivity contribution in [3.05, 3.63) is 76.7 Å². The largest absolute Gasteiger partial charge is 0.416 e. The summed E-state index contributed by atoms with van der Waals surface area (Å²) in [5, 5.41) is 6.45. The molecule has 8 heteroatoms. The number of carbonyl (C=O) groups excluding carboxylic acids is 1. The second-order valence-corrected chi connectivity index (χ2v) is 7.14. The van der Waals surface area contributed by atoms with Gasteiger partial charge in [-0.05, 0) is 44.2 Å². The molecule has 0 spiro atoms. The van der Waals surface area contributed by atoms with Crippen LogP contribution in [0.4, 0.5) is 18.9 Å². The molecule has 0 fully saturated rings. The number of aromatic nitrogens is 1. The summed E-state index contributed by atoms with van der Waals surface area (Å²) in [4.78, 5) is 13.4. The fourth-order valence-corrected chi connectivity index (χ4v) is 3.81. The Morgan fingerprint density at radius 2 is 1.89 bits per heavy atom. The smallest absolute Gasteiger partial charge is 0.361 e. The molecule has 1 aromatic heterocycles. The molecule has 3 rings (SSSR count). The third-order valence-electron chi connectivity index (χ3n) is 4.13. The van der Waals surface area contributed by atoms with Gasteiger partial charge in [-0.1, -0.05) is 23.4 Å². The van der Waals surface area contributed by atoms with Crippen molar-refractivity contribution in [1.29, 1.82) is 0 Å². The van der Waals surface area contributed by atoms with Crippen molar-refractivity contribution >= 4 is 23.4 Å². The molecule has 2 aromatic carbocycles. The Morgan fingerprint density at radius 3 is 2.57 bits per heavy atom. The Hall–Kier alpha value is -2.74. The monoisotopic (exact) mass is 406 g/mol. The number of rotatable bonds is 5. The van der Waals surface area contributed by atoms with Gasteiger partial charge in [0.15, 0.2) is 0 Å². The van der Waals surface area contributed by atoms with Crippen LogP contribution < -0.4 is 5.32 Å². The maximum Gasteiger partial charge on any atom is 0.416 e. The van der Waals surface area contributed by atoms with E-state index in [4.69, 9.17) is 4.52 Å². The van der Waals surface area contributed by atoms with Crippen LogP contribution >= 0.6 is 11.8 Å². The Morgan fingerprint density at radius 1 is 1.14 bits per heavy atom. The normalized spacial score (nSPS) is 11.5. The molecule has 0 atom stereocenters. The van der Waals surface area contributed by atoms with Crippen LogP contribution in [0.25, 0.3) is 0 Å². The minimum absolute atomic E-state index is 0.0883. The Labute approximate surface area is 164 Å². The molecule has 1 heterocycles. The Kier molecular flexibility index (Phi) is 5.79. The van der Waals surface area contributed by atoms with Crippen molar-refractivity contribution in [2.75, 3.05) is 5.32 Å². The number of nitrogens with zero attached hydrogens (tertiary/aromatic N) is 1. The van der Waals surface area contributed by atoms with Crippen molar-refractivity contribution in [2.45, 2.75) is 30.7 Å². The van der Waals surface area contributed by atoms with Crippen LogP contribution in [-0.2, 0) is 11.9 Å². The van der Waals surface area contributed by atoms with E-state index in [0.29, 0.717) is 16.2 Å². The predicted molar refractivity (Wildman–Crippen MR) is 101 cm³/mol. The van der Waals surface area contributed by atoms with E-state index in [1.54, 1.807) is 24.3 Å². The molecule has 0 saturated heterocycles. The predicted octanol–water partition coefficient (Wildman–Crippen LogP) is 5.85. The molecule has 0 bridgehead atoms. The van der Waals surface area contributed by atoms with Crippen LogP contribution in [0.15, 0.2) is 57.9 Å². The van der Waals surface area contributed by atoms with Crippen LogP contribution in [-0.4, -0.2) is 11.1 Å². The van der Waals surface area contributed by atoms with Gasteiger partial charge in [0.05, 0.1) is 16.8 Å². The molecule has 1 amide bonds. The van der Waals surface area contributed by atoms with Crippen molar-refractivity contribution in [1.82, 2.24) is 5.16 Å². The van der Waals surface area contributed by atoms with E-state index in [1.807, 2.05) is 13.8 Å². The summed E-state index contributed by atoms with van der Waals surface area (Å²) in [5.74, 6) is 0.812. The third kappa shape index (κ3) is 4.56. The zero-order chi connectivity index (χ0) is 20.3. The Balaban J connectivity index is 1.78. The number of carbonyl (C=O) groups is 1. The second-order valence-electron chi connectivity index (χ2n) is 6.12. The van der Waals surface area contributed by atoms with Gasteiger partial charge < -0.3 is 9.84 Å². The molecule has 1 N–H and O–H groups in total. The number of hydrogen-bond acceptors (Lipinski definition) is 4.